The largest absolute Gasteiger partial charge is 0.350 e. The van der Waals surface area contributed by atoms with Crippen molar-refractivity contribution in [1.82, 2.24) is 25.3 Å². The molecule has 0 saturated carbocycles. The van der Waals surface area contributed by atoms with Gasteiger partial charge >= 0.3 is 0 Å². The molecule has 4 heterocycles. The topological polar surface area (TPSA) is 107 Å². The molecule has 0 atom stereocenters. The van der Waals surface area contributed by atoms with Crippen LogP contribution in [0.15, 0.2) is 59.4 Å². The monoisotopic (exact) mass is 374 g/mol. The van der Waals surface area contributed by atoms with Crippen molar-refractivity contribution in [2.75, 3.05) is 5.32 Å². The molecule has 4 aromatic heterocycles. The number of anilines is 1. The molecule has 0 saturated heterocycles. The Kier molecular flexibility index (Phi) is 3.58. The lowest BCUT2D eigenvalue weighted by Crippen LogP contribution is -2.11. The Hall–Kier alpha value is -3.72. The second kappa shape index (κ2) is 6.22. The molecule has 9 heteroatoms. The molecule has 1 N–H and O–H groups in total. The first-order chi connectivity index (χ1) is 13.3. The lowest BCUT2D eigenvalue weighted by molar-refractivity contribution is 0.0990. The van der Waals surface area contributed by atoms with Gasteiger partial charge in [0, 0.05) is 17.8 Å². The Bertz CT molecular complexity index is 1280. The number of pyridine rings is 2. The van der Waals surface area contributed by atoms with Crippen molar-refractivity contribution < 1.29 is 9.32 Å². The van der Waals surface area contributed by atoms with Crippen LogP contribution >= 0.6 is 11.3 Å². The number of aromatic nitrogens is 5. The molecule has 5 rings (SSSR count). The zero-order chi connectivity index (χ0) is 18.2. The van der Waals surface area contributed by atoms with Crippen molar-refractivity contribution in [3.63, 3.8) is 0 Å². The number of nitrogens with one attached hydrogen (secondary N) is 1. The van der Waals surface area contributed by atoms with Crippen LogP contribution in [0.3, 0.4) is 0 Å². The molecule has 0 spiro atoms. The highest BCUT2D eigenvalue weighted by Gasteiger charge is 2.20. The minimum Gasteiger partial charge on any atom is -0.350 e. The molecule has 130 valence electrons. The van der Waals surface area contributed by atoms with Crippen LogP contribution in [0, 0.1) is 0 Å². The first-order valence-corrected chi connectivity index (χ1v) is 8.80. The van der Waals surface area contributed by atoms with E-state index >= 15 is 0 Å². The summed E-state index contributed by atoms with van der Waals surface area (Å²) in [6, 6.07) is 13.0. The maximum absolute atomic E-state index is 12.6. The van der Waals surface area contributed by atoms with E-state index in [0.29, 0.717) is 32.3 Å². The molecule has 0 aliphatic carbocycles. The summed E-state index contributed by atoms with van der Waals surface area (Å²) in [5.74, 6) is -0.344. The first kappa shape index (κ1) is 15.5. The maximum atomic E-state index is 12.6. The number of carbonyl (C=O) groups excluding carboxylic acids is 1. The van der Waals surface area contributed by atoms with Gasteiger partial charge in [-0.05, 0) is 24.3 Å². The average molecular weight is 374 g/mol. The Morgan fingerprint density at radius 3 is 2.78 bits per heavy atom. The van der Waals surface area contributed by atoms with E-state index in [1.165, 1.54) is 11.3 Å². The van der Waals surface area contributed by atoms with Gasteiger partial charge in [0.05, 0.1) is 10.9 Å². The van der Waals surface area contributed by atoms with Crippen LogP contribution < -0.4 is 5.32 Å². The third-order valence-corrected chi connectivity index (χ3v) is 4.82. The SMILES string of the molecule is O=C(Nc1nnc(-c2ccccn2)s1)c1onc2c1ccc1cccnc12. The molecule has 0 aliphatic rings. The van der Waals surface area contributed by atoms with E-state index < -0.39 is 5.91 Å². The van der Waals surface area contributed by atoms with E-state index in [-0.39, 0.29) is 5.76 Å². The van der Waals surface area contributed by atoms with E-state index in [4.69, 9.17) is 4.52 Å². The van der Waals surface area contributed by atoms with Gasteiger partial charge in [-0.3, -0.25) is 20.1 Å². The van der Waals surface area contributed by atoms with E-state index in [1.54, 1.807) is 18.5 Å². The molecule has 1 amide bonds. The van der Waals surface area contributed by atoms with Crippen LogP contribution in [0.5, 0.6) is 0 Å². The lowest BCUT2D eigenvalue weighted by Gasteiger charge is -1.98. The Morgan fingerprint density at radius 2 is 1.89 bits per heavy atom. The van der Waals surface area contributed by atoms with Crippen LogP contribution in [-0.2, 0) is 0 Å². The zero-order valence-electron chi connectivity index (χ0n) is 13.7. The van der Waals surface area contributed by atoms with Crippen molar-refractivity contribution in [2.45, 2.75) is 0 Å². The molecule has 8 nitrogen and oxygen atoms in total. The van der Waals surface area contributed by atoms with E-state index in [0.717, 1.165) is 5.39 Å². The second-order valence-electron chi connectivity index (χ2n) is 5.63. The van der Waals surface area contributed by atoms with Crippen LogP contribution in [0.2, 0.25) is 0 Å². The molecule has 1 aromatic carbocycles. The van der Waals surface area contributed by atoms with Gasteiger partial charge in [0.1, 0.15) is 11.2 Å². The third-order valence-electron chi connectivity index (χ3n) is 3.96. The summed E-state index contributed by atoms with van der Waals surface area (Å²) in [6.45, 7) is 0. The van der Waals surface area contributed by atoms with Gasteiger partial charge in [0.15, 0.2) is 5.01 Å². The molecule has 5 aromatic rings. The van der Waals surface area contributed by atoms with Gasteiger partial charge in [-0.15, -0.1) is 10.2 Å². The zero-order valence-corrected chi connectivity index (χ0v) is 14.5. The Labute approximate surface area is 155 Å². The van der Waals surface area contributed by atoms with Crippen molar-refractivity contribution in [3.8, 4) is 10.7 Å². The average Bonchev–Trinajstić information content (AvgIpc) is 3.36. The number of carbonyl (C=O) groups is 1. The minimum absolute atomic E-state index is 0.104. The summed E-state index contributed by atoms with van der Waals surface area (Å²) < 4.78 is 5.29. The van der Waals surface area contributed by atoms with Crippen LogP contribution in [-0.4, -0.2) is 31.2 Å². The highest BCUT2D eigenvalue weighted by atomic mass is 32.1. The number of fused-ring (bicyclic) bond motifs is 3. The molecule has 27 heavy (non-hydrogen) atoms. The number of benzene rings is 1. The molecule has 0 radical (unpaired) electrons. The summed E-state index contributed by atoms with van der Waals surface area (Å²) >= 11 is 1.23. The Morgan fingerprint density at radius 1 is 0.963 bits per heavy atom. The van der Waals surface area contributed by atoms with Gasteiger partial charge in [0.2, 0.25) is 10.9 Å². The number of nitrogens with zero attached hydrogens (tertiary/aromatic N) is 5. The lowest BCUT2D eigenvalue weighted by atomic mass is 10.1. The predicted molar refractivity (Wildman–Crippen MR) is 100 cm³/mol. The van der Waals surface area contributed by atoms with Crippen molar-refractivity contribution in [3.05, 3.63) is 60.6 Å². The summed E-state index contributed by atoms with van der Waals surface area (Å²) in [5, 5.41) is 17.3. The number of hydrogen-bond donors (Lipinski definition) is 1. The minimum atomic E-state index is -0.448. The van der Waals surface area contributed by atoms with E-state index in [9.17, 15) is 4.79 Å². The van der Waals surface area contributed by atoms with E-state index in [2.05, 4.69) is 30.6 Å². The van der Waals surface area contributed by atoms with Crippen molar-refractivity contribution >= 4 is 44.2 Å². The van der Waals surface area contributed by atoms with Crippen LogP contribution in [0.1, 0.15) is 10.6 Å². The number of amides is 1. The van der Waals surface area contributed by atoms with Gasteiger partial charge in [-0.1, -0.05) is 34.7 Å². The smallest absolute Gasteiger partial charge is 0.296 e. The summed E-state index contributed by atoms with van der Waals surface area (Å²) in [5.41, 5.74) is 1.93. The fourth-order valence-electron chi connectivity index (χ4n) is 2.73. The quantitative estimate of drug-likeness (QED) is 0.515. The Balaban J connectivity index is 1.46. The predicted octanol–water partition coefficient (Wildman–Crippen LogP) is 3.54. The molecule has 0 bridgehead atoms. The molecular formula is C18H10N6O2S. The summed E-state index contributed by atoms with van der Waals surface area (Å²) in [4.78, 5) is 21.2. The van der Waals surface area contributed by atoms with Crippen molar-refractivity contribution in [1.29, 1.82) is 0 Å². The highest BCUT2D eigenvalue weighted by Crippen LogP contribution is 2.28. The fraction of sp³-hybridized carbons (Fsp3) is 0. The van der Waals surface area contributed by atoms with Crippen LogP contribution in [0.25, 0.3) is 32.5 Å². The number of rotatable bonds is 3. The normalized spacial score (nSPS) is 11.1. The summed E-state index contributed by atoms with van der Waals surface area (Å²) in [6.07, 6.45) is 3.35. The molecular weight excluding hydrogens is 364 g/mol. The third kappa shape index (κ3) is 2.70. The summed E-state index contributed by atoms with van der Waals surface area (Å²) in [7, 11) is 0. The number of hydrogen-bond acceptors (Lipinski definition) is 8. The second-order valence-corrected chi connectivity index (χ2v) is 6.61. The fourth-order valence-corrected chi connectivity index (χ4v) is 3.45. The van der Waals surface area contributed by atoms with Crippen molar-refractivity contribution in [2.24, 2.45) is 0 Å². The van der Waals surface area contributed by atoms with Gasteiger partial charge in [0.25, 0.3) is 5.91 Å². The van der Waals surface area contributed by atoms with Gasteiger partial charge in [-0.25, -0.2) is 0 Å². The standard InChI is InChI=1S/C18H10N6O2S/c25-16(21-18-23-22-17(27-18)12-5-1-2-8-19-12)15-11-7-6-10-4-3-9-20-13(10)14(11)24-26-15/h1-9H,(H,21,23,25). The highest BCUT2D eigenvalue weighted by molar-refractivity contribution is 7.18. The van der Waals surface area contributed by atoms with Gasteiger partial charge < -0.3 is 4.52 Å². The first-order valence-electron chi connectivity index (χ1n) is 7.99. The van der Waals surface area contributed by atoms with Crippen LogP contribution in [0.4, 0.5) is 5.13 Å². The molecule has 0 unspecified atom stereocenters. The molecule has 0 fully saturated rings. The van der Waals surface area contributed by atoms with E-state index in [1.807, 2.05) is 36.4 Å². The molecule has 0 aliphatic heterocycles. The maximum Gasteiger partial charge on any atom is 0.296 e. The van der Waals surface area contributed by atoms with Gasteiger partial charge in [-0.2, -0.15) is 0 Å².